The molecule has 0 saturated carbocycles. The normalized spacial score (nSPS) is 13.2. The average molecular weight is 202 g/mol. The predicted molar refractivity (Wildman–Crippen MR) is 65.5 cm³/mol. The molecule has 0 bridgehead atoms. The van der Waals surface area contributed by atoms with Crippen LogP contribution in [0.2, 0.25) is 0 Å². The van der Waals surface area contributed by atoms with Gasteiger partial charge in [-0.05, 0) is 24.3 Å². The van der Waals surface area contributed by atoms with Gasteiger partial charge in [0, 0.05) is 0 Å². The van der Waals surface area contributed by atoms with Crippen molar-refractivity contribution in [1.29, 1.82) is 0 Å². The number of hydrogen-bond donors (Lipinski definition) is 0. The maximum absolute atomic E-state index is 2.40. The van der Waals surface area contributed by atoms with Crippen molar-refractivity contribution in [2.45, 2.75) is 58.8 Å². The van der Waals surface area contributed by atoms with Gasteiger partial charge in [0.25, 0.3) is 0 Å². The quantitative estimate of drug-likeness (QED) is 0.487. The van der Waals surface area contributed by atoms with Crippen molar-refractivity contribution >= 4 is 11.8 Å². The molecule has 0 nitrogen and oxygen atoms in total. The van der Waals surface area contributed by atoms with Gasteiger partial charge in [0.15, 0.2) is 0 Å². The molecular weight excluding hydrogens is 176 g/mol. The third-order valence-electron chi connectivity index (χ3n) is 2.62. The Morgan fingerprint density at radius 3 is 2.31 bits per heavy atom. The Labute approximate surface area is 88.9 Å². The fourth-order valence-electron chi connectivity index (χ4n) is 1.56. The van der Waals surface area contributed by atoms with E-state index < -0.39 is 0 Å². The summed E-state index contributed by atoms with van der Waals surface area (Å²) in [5, 5.41) is 0. The van der Waals surface area contributed by atoms with Gasteiger partial charge in [0.2, 0.25) is 0 Å². The van der Waals surface area contributed by atoms with E-state index in [0.29, 0.717) is 0 Å². The van der Waals surface area contributed by atoms with E-state index in [1.54, 1.807) is 0 Å². The first-order chi connectivity index (χ1) is 6.31. The van der Waals surface area contributed by atoms with Crippen molar-refractivity contribution in [3.05, 3.63) is 0 Å². The summed E-state index contributed by atoms with van der Waals surface area (Å²) >= 11 is 1.98. The van der Waals surface area contributed by atoms with Crippen LogP contribution in [0.15, 0.2) is 0 Å². The van der Waals surface area contributed by atoms with Gasteiger partial charge in [-0.3, -0.25) is 0 Å². The summed E-state index contributed by atoms with van der Waals surface area (Å²) in [5.74, 6) is 2.30. The van der Waals surface area contributed by atoms with E-state index in [1.165, 1.54) is 50.7 Å². The molecule has 0 aromatic heterocycles. The van der Waals surface area contributed by atoms with Gasteiger partial charge >= 0.3 is 0 Å². The summed E-state index contributed by atoms with van der Waals surface area (Å²) in [6.07, 6.45) is 12.2. The lowest BCUT2D eigenvalue weighted by molar-refractivity contribution is 0.477. The molecule has 0 aliphatic rings. The van der Waals surface area contributed by atoms with Crippen LogP contribution in [0.1, 0.15) is 58.8 Å². The lowest BCUT2D eigenvalue weighted by atomic mass is 10.00. The minimum Gasteiger partial charge on any atom is -0.165 e. The van der Waals surface area contributed by atoms with Crippen molar-refractivity contribution in [2.75, 3.05) is 12.0 Å². The highest BCUT2D eigenvalue weighted by Crippen LogP contribution is 2.15. The second kappa shape index (κ2) is 10.4. The molecule has 0 fully saturated rings. The smallest absolute Gasteiger partial charge is 0.00678 e. The topological polar surface area (TPSA) is 0 Å². The Balaban J connectivity index is 3.03. The maximum Gasteiger partial charge on any atom is -0.00678 e. The Morgan fingerprint density at radius 1 is 1.00 bits per heavy atom. The van der Waals surface area contributed by atoms with E-state index in [1.807, 2.05) is 11.8 Å². The maximum atomic E-state index is 2.40. The first-order valence-corrected chi connectivity index (χ1v) is 7.19. The number of thioether (sulfide) groups is 1. The summed E-state index contributed by atoms with van der Waals surface area (Å²) in [6, 6.07) is 0. The third kappa shape index (κ3) is 10.3. The number of rotatable bonds is 9. The second-order valence-corrected chi connectivity index (χ2v) is 5.08. The molecule has 13 heavy (non-hydrogen) atoms. The minimum atomic E-state index is 0.953. The average Bonchev–Trinajstić information content (AvgIpc) is 2.14. The van der Waals surface area contributed by atoms with Crippen LogP contribution in [0.5, 0.6) is 0 Å². The van der Waals surface area contributed by atoms with E-state index in [9.17, 15) is 0 Å². The van der Waals surface area contributed by atoms with E-state index in [4.69, 9.17) is 0 Å². The van der Waals surface area contributed by atoms with Crippen molar-refractivity contribution in [1.82, 2.24) is 0 Å². The van der Waals surface area contributed by atoms with Crippen molar-refractivity contribution in [3.63, 3.8) is 0 Å². The standard InChI is InChI=1S/C12H26S/c1-4-5-6-7-8-9-12(2)10-11-13-3/h12H,4-11H2,1-3H3. The van der Waals surface area contributed by atoms with Gasteiger partial charge in [0.05, 0.1) is 0 Å². The summed E-state index contributed by atoms with van der Waals surface area (Å²) in [6.45, 7) is 4.68. The first kappa shape index (κ1) is 13.4. The second-order valence-electron chi connectivity index (χ2n) is 4.09. The minimum absolute atomic E-state index is 0.953. The van der Waals surface area contributed by atoms with Crippen LogP contribution in [0.3, 0.4) is 0 Å². The van der Waals surface area contributed by atoms with Crippen molar-refractivity contribution < 1.29 is 0 Å². The van der Waals surface area contributed by atoms with E-state index in [0.717, 1.165) is 5.92 Å². The molecular formula is C12H26S. The Kier molecular flexibility index (Phi) is 10.7. The molecule has 80 valence electrons. The van der Waals surface area contributed by atoms with Gasteiger partial charge in [-0.15, -0.1) is 0 Å². The molecule has 0 heterocycles. The predicted octanol–water partition coefficient (Wildman–Crippen LogP) is 4.74. The largest absolute Gasteiger partial charge is 0.165 e. The molecule has 0 rings (SSSR count). The number of unbranched alkanes of at least 4 members (excludes halogenated alkanes) is 4. The van der Waals surface area contributed by atoms with Crippen molar-refractivity contribution in [2.24, 2.45) is 5.92 Å². The summed E-state index contributed by atoms with van der Waals surface area (Å²) < 4.78 is 0. The highest BCUT2D eigenvalue weighted by molar-refractivity contribution is 7.98. The summed E-state index contributed by atoms with van der Waals surface area (Å²) in [5.41, 5.74) is 0. The SMILES string of the molecule is CCCCCCCC(C)CCSC. The van der Waals surface area contributed by atoms with Gasteiger partial charge < -0.3 is 0 Å². The van der Waals surface area contributed by atoms with E-state index in [2.05, 4.69) is 20.1 Å². The summed E-state index contributed by atoms with van der Waals surface area (Å²) in [4.78, 5) is 0. The molecule has 0 aromatic rings. The zero-order valence-corrected chi connectivity index (χ0v) is 10.5. The Hall–Kier alpha value is 0.350. The fraction of sp³-hybridized carbons (Fsp3) is 1.00. The van der Waals surface area contributed by atoms with Crippen LogP contribution in [-0.2, 0) is 0 Å². The highest BCUT2D eigenvalue weighted by atomic mass is 32.2. The zero-order chi connectivity index (χ0) is 9.94. The lowest BCUT2D eigenvalue weighted by Gasteiger charge is -2.09. The van der Waals surface area contributed by atoms with Gasteiger partial charge in [-0.25, -0.2) is 0 Å². The molecule has 0 aromatic carbocycles. The lowest BCUT2D eigenvalue weighted by Crippen LogP contribution is -1.96. The first-order valence-electron chi connectivity index (χ1n) is 5.80. The van der Waals surface area contributed by atoms with Crippen LogP contribution in [0, 0.1) is 5.92 Å². The van der Waals surface area contributed by atoms with Crippen LogP contribution >= 0.6 is 11.8 Å². The van der Waals surface area contributed by atoms with Crippen LogP contribution in [-0.4, -0.2) is 12.0 Å². The molecule has 0 amide bonds. The molecule has 0 spiro atoms. The molecule has 1 atom stereocenters. The molecule has 0 aliphatic carbocycles. The summed E-state index contributed by atoms with van der Waals surface area (Å²) in [7, 11) is 0. The van der Waals surface area contributed by atoms with E-state index >= 15 is 0 Å². The molecule has 0 saturated heterocycles. The van der Waals surface area contributed by atoms with E-state index in [-0.39, 0.29) is 0 Å². The Bertz CT molecular complexity index is 91.1. The third-order valence-corrected chi connectivity index (χ3v) is 3.26. The van der Waals surface area contributed by atoms with Gasteiger partial charge in [-0.2, -0.15) is 11.8 Å². The van der Waals surface area contributed by atoms with Crippen molar-refractivity contribution in [3.8, 4) is 0 Å². The number of hydrogen-bond acceptors (Lipinski definition) is 1. The molecule has 0 N–H and O–H groups in total. The molecule has 0 aliphatic heterocycles. The van der Waals surface area contributed by atoms with Gasteiger partial charge in [-0.1, -0.05) is 52.4 Å². The van der Waals surface area contributed by atoms with Crippen LogP contribution in [0.4, 0.5) is 0 Å². The monoisotopic (exact) mass is 202 g/mol. The highest BCUT2D eigenvalue weighted by Gasteiger charge is 2.00. The Morgan fingerprint density at radius 2 is 1.69 bits per heavy atom. The fourth-order valence-corrected chi connectivity index (χ4v) is 2.20. The molecule has 0 radical (unpaired) electrons. The van der Waals surface area contributed by atoms with Crippen LogP contribution in [0.25, 0.3) is 0 Å². The zero-order valence-electron chi connectivity index (χ0n) is 9.64. The molecule has 1 unspecified atom stereocenters. The van der Waals surface area contributed by atoms with Crippen LogP contribution < -0.4 is 0 Å². The van der Waals surface area contributed by atoms with Gasteiger partial charge in [0.1, 0.15) is 0 Å². The molecule has 1 heteroatoms.